The molecule has 0 spiro atoms. The Bertz CT molecular complexity index is 796. The number of nitrogens with zero attached hydrogens (tertiary/aromatic N) is 3. The third kappa shape index (κ3) is 2.70. The van der Waals surface area contributed by atoms with E-state index < -0.39 is 0 Å². The predicted octanol–water partition coefficient (Wildman–Crippen LogP) is 1.39. The molecular weight excluding hydrogens is 294 g/mol. The van der Waals surface area contributed by atoms with Gasteiger partial charge in [-0.25, -0.2) is 4.68 Å². The maximum absolute atomic E-state index is 12.3. The number of hydrogen-bond donors (Lipinski definition) is 0. The minimum absolute atomic E-state index is 0.0728. The number of ether oxygens (including phenoxy) is 2. The van der Waals surface area contributed by atoms with Gasteiger partial charge < -0.3 is 14.4 Å². The van der Waals surface area contributed by atoms with E-state index in [1.165, 1.54) is 4.68 Å². The van der Waals surface area contributed by atoms with Gasteiger partial charge in [0.15, 0.2) is 0 Å². The van der Waals surface area contributed by atoms with Crippen molar-refractivity contribution in [2.75, 3.05) is 34.9 Å². The van der Waals surface area contributed by atoms with Crippen LogP contribution in [0.2, 0.25) is 0 Å². The van der Waals surface area contributed by atoms with Gasteiger partial charge in [0.1, 0.15) is 11.5 Å². The van der Waals surface area contributed by atoms with E-state index in [2.05, 4.69) is 5.10 Å². The smallest absolute Gasteiger partial charge is 0.267 e. The van der Waals surface area contributed by atoms with Crippen LogP contribution in [0.5, 0.6) is 11.5 Å². The summed E-state index contributed by atoms with van der Waals surface area (Å²) in [6.45, 7) is 1.31. The van der Waals surface area contributed by atoms with E-state index in [9.17, 15) is 4.79 Å². The van der Waals surface area contributed by atoms with Crippen molar-refractivity contribution in [3.8, 4) is 22.8 Å². The van der Waals surface area contributed by atoms with E-state index in [0.717, 1.165) is 40.4 Å². The number of fused-ring (bicyclic) bond motifs is 3. The van der Waals surface area contributed by atoms with E-state index >= 15 is 0 Å². The molecule has 0 fully saturated rings. The molecule has 0 saturated carbocycles. The van der Waals surface area contributed by atoms with E-state index in [4.69, 9.17) is 9.47 Å². The Morgan fingerprint density at radius 3 is 2.57 bits per heavy atom. The number of methoxy groups -OCH3 is 2. The Labute approximate surface area is 135 Å². The van der Waals surface area contributed by atoms with Crippen LogP contribution >= 0.6 is 0 Å². The summed E-state index contributed by atoms with van der Waals surface area (Å²) in [7, 11) is 7.24. The summed E-state index contributed by atoms with van der Waals surface area (Å²) in [5, 5.41) is 4.59. The maximum atomic E-state index is 12.3. The largest absolute Gasteiger partial charge is 0.496 e. The Hall–Kier alpha value is -2.34. The minimum atomic E-state index is -0.0728. The molecule has 0 bridgehead atoms. The van der Waals surface area contributed by atoms with Crippen molar-refractivity contribution < 1.29 is 9.47 Å². The first kappa shape index (κ1) is 15.6. The van der Waals surface area contributed by atoms with Gasteiger partial charge in [0.25, 0.3) is 5.56 Å². The van der Waals surface area contributed by atoms with Crippen LogP contribution in [-0.2, 0) is 13.0 Å². The second-order valence-corrected chi connectivity index (χ2v) is 5.88. The lowest BCUT2D eigenvalue weighted by Gasteiger charge is -2.13. The predicted molar refractivity (Wildman–Crippen MR) is 88.4 cm³/mol. The monoisotopic (exact) mass is 315 g/mol. The molecule has 0 saturated heterocycles. The molecule has 0 atom stereocenters. The summed E-state index contributed by atoms with van der Waals surface area (Å²) in [5.41, 5.74) is 3.62. The number of hydrogen-bond acceptors (Lipinski definition) is 5. The van der Waals surface area contributed by atoms with Gasteiger partial charge in [-0.1, -0.05) is 0 Å². The fourth-order valence-electron chi connectivity index (χ4n) is 2.92. The molecule has 0 radical (unpaired) electrons. The van der Waals surface area contributed by atoms with Crippen LogP contribution in [0.4, 0.5) is 0 Å². The van der Waals surface area contributed by atoms with Crippen LogP contribution in [0.1, 0.15) is 11.1 Å². The summed E-state index contributed by atoms with van der Waals surface area (Å²) < 4.78 is 12.5. The molecule has 6 heteroatoms. The first-order valence-electron chi connectivity index (χ1n) is 7.55. The number of rotatable bonds is 5. The van der Waals surface area contributed by atoms with Crippen LogP contribution < -0.4 is 15.0 Å². The first-order chi connectivity index (χ1) is 11.0. The van der Waals surface area contributed by atoms with Crippen molar-refractivity contribution in [3.63, 3.8) is 0 Å². The highest BCUT2D eigenvalue weighted by Crippen LogP contribution is 2.44. The summed E-state index contributed by atoms with van der Waals surface area (Å²) in [4.78, 5) is 14.3. The molecule has 0 aliphatic heterocycles. The lowest BCUT2D eigenvalue weighted by atomic mass is 10.1. The summed E-state index contributed by atoms with van der Waals surface area (Å²) in [6, 6.07) is 5.45. The molecule has 3 rings (SSSR count). The van der Waals surface area contributed by atoms with Crippen LogP contribution in [0.3, 0.4) is 0 Å². The van der Waals surface area contributed by atoms with Gasteiger partial charge in [0.05, 0.1) is 32.0 Å². The van der Waals surface area contributed by atoms with Crippen molar-refractivity contribution in [1.29, 1.82) is 0 Å². The Morgan fingerprint density at radius 1 is 1.22 bits per heavy atom. The molecule has 122 valence electrons. The normalized spacial score (nSPS) is 12.2. The van der Waals surface area contributed by atoms with Gasteiger partial charge in [-0.05, 0) is 31.8 Å². The minimum Gasteiger partial charge on any atom is -0.496 e. The van der Waals surface area contributed by atoms with Crippen LogP contribution in [0.25, 0.3) is 11.3 Å². The molecule has 23 heavy (non-hydrogen) atoms. The van der Waals surface area contributed by atoms with Crippen molar-refractivity contribution in [3.05, 3.63) is 39.7 Å². The highest BCUT2D eigenvalue weighted by atomic mass is 16.5. The third-order valence-corrected chi connectivity index (χ3v) is 4.11. The quantitative estimate of drug-likeness (QED) is 0.712. The van der Waals surface area contributed by atoms with Gasteiger partial charge in [-0.15, -0.1) is 0 Å². The van der Waals surface area contributed by atoms with Crippen LogP contribution in [0, 0.1) is 0 Å². The fraction of sp³-hybridized carbons (Fsp3) is 0.412. The fourth-order valence-corrected chi connectivity index (χ4v) is 2.92. The standard InChI is InChI=1S/C17H21N3O3/c1-19(2)7-8-20-15(21)10-11-9-12-13(22-3)5-6-14(23-4)16(12)17(11)18-20/h5-6,10H,7-9H2,1-4H3. The highest BCUT2D eigenvalue weighted by molar-refractivity contribution is 5.81. The lowest BCUT2D eigenvalue weighted by molar-refractivity contribution is 0.368. The number of aromatic nitrogens is 2. The molecule has 6 nitrogen and oxygen atoms in total. The van der Waals surface area contributed by atoms with Crippen LogP contribution in [0.15, 0.2) is 23.0 Å². The maximum Gasteiger partial charge on any atom is 0.267 e. The van der Waals surface area contributed by atoms with Gasteiger partial charge in [-0.3, -0.25) is 4.79 Å². The van der Waals surface area contributed by atoms with Gasteiger partial charge in [0.2, 0.25) is 0 Å². The highest BCUT2D eigenvalue weighted by Gasteiger charge is 2.28. The number of likely N-dealkylation sites (N-methyl/N-ethyl adjacent to an activating group) is 1. The zero-order valence-corrected chi connectivity index (χ0v) is 13.9. The van der Waals surface area contributed by atoms with E-state index in [0.29, 0.717) is 13.0 Å². The molecular formula is C17H21N3O3. The van der Waals surface area contributed by atoms with E-state index in [1.807, 2.05) is 31.1 Å². The zero-order chi connectivity index (χ0) is 16.6. The molecule has 1 aromatic carbocycles. The summed E-state index contributed by atoms with van der Waals surface area (Å²) >= 11 is 0. The number of benzene rings is 1. The molecule has 2 aromatic rings. The first-order valence-corrected chi connectivity index (χ1v) is 7.55. The molecule has 1 heterocycles. The summed E-state index contributed by atoms with van der Waals surface area (Å²) in [5.74, 6) is 1.55. The third-order valence-electron chi connectivity index (χ3n) is 4.11. The lowest BCUT2D eigenvalue weighted by Crippen LogP contribution is -2.28. The molecule has 0 amide bonds. The molecule has 0 N–H and O–H groups in total. The van der Waals surface area contributed by atoms with Crippen molar-refractivity contribution in [1.82, 2.24) is 14.7 Å². The van der Waals surface area contributed by atoms with E-state index in [-0.39, 0.29) is 5.56 Å². The SMILES string of the molecule is COc1ccc(OC)c2c1Cc1cc(=O)n(CCN(C)C)nc1-2. The Morgan fingerprint density at radius 2 is 1.91 bits per heavy atom. The zero-order valence-electron chi connectivity index (χ0n) is 13.9. The van der Waals surface area contributed by atoms with Gasteiger partial charge >= 0.3 is 0 Å². The van der Waals surface area contributed by atoms with Gasteiger partial charge in [0, 0.05) is 24.6 Å². The molecule has 1 aliphatic rings. The average Bonchev–Trinajstić information content (AvgIpc) is 2.89. The Kier molecular flexibility index (Phi) is 4.09. The Balaban J connectivity index is 2.12. The molecule has 1 aromatic heterocycles. The van der Waals surface area contributed by atoms with Crippen molar-refractivity contribution in [2.45, 2.75) is 13.0 Å². The van der Waals surface area contributed by atoms with Crippen molar-refractivity contribution in [2.24, 2.45) is 0 Å². The van der Waals surface area contributed by atoms with Gasteiger partial charge in [-0.2, -0.15) is 5.10 Å². The second-order valence-electron chi connectivity index (χ2n) is 5.88. The average molecular weight is 315 g/mol. The molecule has 0 unspecified atom stereocenters. The second kappa shape index (κ2) is 6.04. The van der Waals surface area contributed by atoms with E-state index in [1.54, 1.807) is 20.3 Å². The molecule has 1 aliphatic carbocycles. The topological polar surface area (TPSA) is 56.6 Å². The van der Waals surface area contributed by atoms with Crippen molar-refractivity contribution >= 4 is 0 Å². The summed E-state index contributed by atoms with van der Waals surface area (Å²) in [6.07, 6.45) is 0.641. The van der Waals surface area contributed by atoms with Crippen LogP contribution in [-0.4, -0.2) is 49.5 Å².